The molecule has 0 unspecified atom stereocenters. The Hall–Kier alpha value is -2.25. The predicted octanol–water partition coefficient (Wildman–Crippen LogP) is -1.26. The zero-order valence-electron chi connectivity index (χ0n) is 7.79. The van der Waals surface area contributed by atoms with Crippen LogP contribution in [0.1, 0.15) is 16.2 Å². The zero-order valence-corrected chi connectivity index (χ0v) is 7.79. The molecule has 78 valence electrons. The lowest BCUT2D eigenvalue weighted by Crippen LogP contribution is -2.09. The molecule has 3 N–H and O–H groups in total. The predicted molar refractivity (Wildman–Crippen MR) is 48.6 cm³/mol. The number of hydrogen-bond donors (Lipinski definition) is 2. The number of aryl methyl sites for hydroxylation is 2. The van der Waals surface area contributed by atoms with Crippen LogP contribution < -0.4 is 5.73 Å². The van der Waals surface area contributed by atoms with E-state index in [2.05, 4.69) is 25.7 Å². The van der Waals surface area contributed by atoms with E-state index in [1.165, 1.54) is 6.20 Å². The summed E-state index contributed by atoms with van der Waals surface area (Å²) >= 11 is 0. The molecule has 0 radical (unpaired) electrons. The number of amides is 1. The molecule has 0 aliphatic heterocycles. The summed E-state index contributed by atoms with van der Waals surface area (Å²) in [4.78, 5) is 10.8. The summed E-state index contributed by atoms with van der Waals surface area (Å²) in [5.41, 5.74) is 5.48. The van der Waals surface area contributed by atoms with Crippen molar-refractivity contribution in [3.05, 3.63) is 23.8 Å². The van der Waals surface area contributed by atoms with Crippen molar-refractivity contribution in [1.29, 1.82) is 0 Å². The molecule has 2 rings (SSSR count). The van der Waals surface area contributed by atoms with Crippen molar-refractivity contribution in [2.75, 3.05) is 0 Å². The van der Waals surface area contributed by atoms with E-state index in [4.69, 9.17) is 5.73 Å². The lowest BCUT2D eigenvalue weighted by atomic mass is 10.3. The van der Waals surface area contributed by atoms with Gasteiger partial charge in [0.15, 0.2) is 5.82 Å². The van der Waals surface area contributed by atoms with E-state index >= 15 is 0 Å². The lowest BCUT2D eigenvalue weighted by Gasteiger charge is -1.96. The number of carbonyl (C=O) groups is 1. The second-order valence-electron chi connectivity index (χ2n) is 2.93. The largest absolute Gasteiger partial charge is 0.366 e. The fourth-order valence-corrected chi connectivity index (χ4v) is 1.12. The van der Waals surface area contributed by atoms with Crippen LogP contribution in [0.3, 0.4) is 0 Å². The Balaban J connectivity index is 1.96. The first-order chi connectivity index (χ1) is 7.25. The first-order valence-corrected chi connectivity index (χ1v) is 4.30. The van der Waals surface area contributed by atoms with E-state index < -0.39 is 5.91 Å². The van der Waals surface area contributed by atoms with Gasteiger partial charge in [-0.3, -0.25) is 9.48 Å². The number of carbonyl (C=O) groups excluding carboxylic acids is 1. The molecule has 2 heterocycles. The summed E-state index contributed by atoms with van der Waals surface area (Å²) in [7, 11) is 0. The van der Waals surface area contributed by atoms with Crippen molar-refractivity contribution in [3.63, 3.8) is 0 Å². The Morgan fingerprint density at radius 3 is 3.07 bits per heavy atom. The molecule has 0 aromatic carbocycles. The quantitative estimate of drug-likeness (QED) is 0.649. The number of hydrogen-bond acceptors (Lipinski definition) is 5. The van der Waals surface area contributed by atoms with Crippen LogP contribution in [-0.4, -0.2) is 36.3 Å². The lowest BCUT2D eigenvalue weighted by molar-refractivity contribution is 0.1000. The van der Waals surface area contributed by atoms with Crippen LogP contribution in [-0.2, 0) is 13.0 Å². The van der Waals surface area contributed by atoms with Crippen molar-refractivity contribution in [1.82, 2.24) is 30.4 Å². The molecule has 0 saturated heterocycles. The summed E-state index contributed by atoms with van der Waals surface area (Å²) in [6, 6.07) is 0. The second kappa shape index (κ2) is 3.86. The van der Waals surface area contributed by atoms with Crippen molar-refractivity contribution in [2.45, 2.75) is 13.0 Å². The maximum Gasteiger partial charge on any atom is 0.251 e. The van der Waals surface area contributed by atoms with E-state index in [-0.39, 0.29) is 0 Å². The van der Waals surface area contributed by atoms with Gasteiger partial charge in [-0.05, 0) is 0 Å². The molecule has 2 aromatic heterocycles. The molecule has 0 saturated carbocycles. The Kier molecular flexibility index (Phi) is 2.40. The fraction of sp³-hybridized carbons (Fsp3) is 0.286. The average Bonchev–Trinajstić information content (AvgIpc) is 2.86. The third kappa shape index (κ3) is 2.16. The topological polar surface area (TPSA) is 115 Å². The Labute approximate surface area is 84.5 Å². The van der Waals surface area contributed by atoms with E-state index in [0.29, 0.717) is 24.4 Å². The van der Waals surface area contributed by atoms with E-state index in [9.17, 15) is 4.79 Å². The molecule has 2 aromatic rings. The second-order valence-corrected chi connectivity index (χ2v) is 2.93. The third-order valence-corrected chi connectivity index (χ3v) is 1.87. The number of aromatic amines is 1. The first kappa shape index (κ1) is 9.31. The number of rotatable bonds is 4. The summed E-state index contributed by atoms with van der Waals surface area (Å²) in [6.45, 7) is 0.576. The molecule has 0 aliphatic rings. The number of aromatic nitrogens is 6. The highest BCUT2D eigenvalue weighted by Crippen LogP contribution is 1.97. The molecule has 0 spiro atoms. The molecular weight excluding hydrogens is 198 g/mol. The summed E-state index contributed by atoms with van der Waals surface area (Å²) in [5.74, 6) is 0.118. The number of nitrogens with zero attached hydrogens (tertiary/aromatic N) is 5. The van der Waals surface area contributed by atoms with Gasteiger partial charge >= 0.3 is 0 Å². The average molecular weight is 207 g/mol. The molecule has 0 atom stereocenters. The van der Waals surface area contributed by atoms with Gasteiger partial charge in [-0.15, -0.1) is 10.2 Å². The van der Waals surface area contributed by atoms with Gasteiger partial charge in [0, 0.05) is 19.2 Å². The van der Waals surface area contributed by atoms with E-state index in [1.54, 1.807) is 10.9 Å². The number of nitrogens with one attached hydrogen (secondary N) is 1. The van der Waals surface area contributed by atoms with Gasteiger partial charge in [-0.1, -0.05) is 5.21 Å². The van der Waals surface area contributed by atoms with Crippen LogP contribution >= 0.6 is 0 Å². The smallest absolute Gasteiger partial charge is 0.251 e. The van der Waals surface area contributed by atoms with Gasteiger partial charge in [0.25, 0.3) is 5.91 Å². The maximum absolute atomic E-state index is 10.8. The number of primary amides is 1. The highest BCUT2D eigenvalue weighted by molar-refractivity contribution is 5.92. The van der Waals surface area contributed by atoms with Crippen molar-refractivity contribution >= 4 is 5.91 Å². The summed E-state index contributed by atoms with van der Waals surface area (Å²) in [6.07, 6.45) is 3.61. The highest BCUT2D eigenvalue weighted by Gasteiger charge is 2.04. The van der Waals surface area contributed by atoms with Crippen molar-refractivity contribution < 1.29 is 4.79 Å². The van der Waals surface area contributed by atoms with Gasteiger partial charge in [0.1, 0.15) is 0 Å². The molecule has 0 bridgehead atoms. The van der Waals surface area contributed by atoms with Crippen LogP contribution in [0.2, 0.25) is 0 Å². The SMILES string of the molecule is NC(=O)c1cnn(CCc2nn[nH]n2)c1. The Bertz CT molecular complexity index is 446. The molecule has 8 heteroatoms. The van der Waals surface area contributed by atoms with Crippen LogP contribution in [0.5, 0.6) is 0 Å². The van der Waals surface area contributed by atoms with E-state index in [0.717, 1.165) is 0 Å². The van der Waals surface area contributed by atoms with Crippen LogP contribution in [0, 0.1) is 0 Å². The van der Waals surface area contributed by atoms with Gasteiger partial charge < -0.3 is 5.73 Å². The monoisotopic (exact) mass is 207 g/mol. The first-order valence-electron chi connectivity index (χ1n) is 4.30. The minimum Gasteiger partial charge on any atom is -0.366 e. The molecular formula is C7H9N7O. The molecule has 0 fully saturated rings. The molecule has 8 nitrogen and oxygen atoms in total. The van der Waals surface area contributed by atoms with Gasteiger partial charge in [0.05, 0.1) is 11.8 Å². The highest BCUT2D eigenvalue weighted by atomic mass is 16.1. The van der Waals surface area contributed by atoms with E-state index in [1.807, 2.05) is 0 Å². The fourth-order valence-electron chi connectivity index (χ4n) is 1.12. The molecule has 1 amide bonds. The standard InChI is InChI=1S/C7H9N7O/c8-7(15)5-3-9-14(4-5)2-1-6-10-12-13-11-6/h3-4H,1-2H2,(H2,8,15)(H,10,11,12,13). The Morgan fingerprint density at radius 2 is 2.47 bits per heavy atom. The third-order valence-electron chi connectivity index (χ3n) is 1.87. The van der Waals surface area contributed by atoms with Crippen LogP contribution in [0.4, 0.5) is 0 Å². The normalized spacial score (nSPS) is 10.4. The minimum atomic E-state index is -0.485. The van der Waals surface area contributed by atoms with Gasteiger partial charge in [0.2, 0.25) is 0 Å². The molecule has 15 heavy (non-hydrogen) atoms. The molecule has 0 aliphatic carbocycles. The van der Waals surface area contributed by atoms with Crippen LogP contribution in [0.25, 0.3) is 0 Å². The zero-order chi connectivity index (χ0) is 10.7. The maximum atomic E-state index is 10.8. The van der Waals surface area contributed by atoms with Crippen LogP contribution in [0.15, 0.2) is 12.4 Å². The number of H-pyrrole nitrogens is 1. The number of nitrogens with two attached hydrogens (primary N) is 1. The summed E-state index contributed by atoms with van der Waals surface area (Å²) < 4.78 is 1.61. The van der Waals surface area contributed by atoms with Crippen molar-refractivity contribution in [2.24, 2.45) is 5.73 Å². The number of tetrazole rings is 1. The Morgan fingerprint density at radius 1 is 1.60 bits per heavy atom. The summed E-state index contributed by atoms with van der Waals surface area (Å²) in [5, 5.41) is 17.3. The minimum absolute atomic E-state index is 0.392. The van der Waals surface area contributed by atoms with Gasteiger partial charge in [-0.25, -0.2) is 0 Å². The van der Waals surface area contributed by atoms with Crippen molar-refractivity contribution in [3.8, 4) is 0 Å². The van der Waals surface area contributed by atoms with Gasteiger partial charge in [-0.2, -0.15) is 10.3 Å².